The van der Waals surface area contributed by atoms with Gasteiger partial charge in [0, 0.05) is 6.61 Å². The Bertz CT molecular complexity index is 1480. The fourth-order valence-electron chi connectivity index (χ4n) is 5.38. The zero-order chi connectivity index (χ0) is 35.2. The van der Waals surface area contributed by atoms with E-state index in [4.69, 9.17) is 23.7 Å². The Balaban J connectivity index is 1.53. The second kappa shape index (κ2) is 18.5. The van der Waals surface area contributed by atoms with Crippen molar-refractivity contribution in [1.29, 1.82) is 0 Å². The summed E-state index contributed by atoms with van der Waals surface area (Å²) in [4.78, 5) is 26.0. The van der Waals surface area contributed by atoms with Crippen LogP contribution in [0, 0.1) is 17.7 Å². The molecule has 1 aliphatic carbocycles. The van der Waals surface area contributed by atoms with Crippen LogP contribution < -0.4 is 10.1 Å². The Hall–Kier alpha value is -4.21. The van der Waals surface area contributed by atoms with Gasteiger partial charge in [-0.2, -0.15) is 0 Å². The van der Waals surface area contributed by atoms with Crippen molar-refractivity contribution in [3.8, 4) is 5.75 Å². The first kappa shape index (κ1) is 37.6. The van der Waals surface area contributed by atoms with E-state index in [0.29, 0.717) is 38.4 Å². The van der Waals surface area contributed by atoms with Gasteiger partial charge in [-0.15, -0.1) is 0 Å². The van der Waals surface area contributed by atoms with Crippen molar-refractivity contribution in [2.24, 2.45) is 11.8 Å². The largest absolute Gasteiger partial charge is 0.497 e. The van der Waals surface area contributed by atoms with Crippen molar-refractivity contribution in [1.82, 2.24) is 5.32 Å². The van der Waals surface area contributed by atoms with E-state index in [1.54, 1.807) is 46.1 Å². The molecule has 8 nitrogen and oxygen atoms in total. The van der Waals surface area contributed by atoms with Crippen molar-refractivity contribution >= 4 is 12.1 Å². The van der Waals surface area contributed by atoms with Gasteiger partial charge in [0.25, 0.3) is 0 Å². The number of carbonyl (C=O) groups excluding carboxylic acids is 2. The number of hydrogen-bond acceptors (Lipinski definition) is 7. The number of benzene rings is 3. The van der Waals surface area contributed by atoms with E-state index in [-0.39, 0.29) is 36.2 Å². The van der Waals surface area contributed by atoms with Crippen LogP contribution in [0.5, 0.6) is 5.75 Å². The number of carbonyl (C=O) groups is 2. The van der Waals surface area contributed by atoms with Crippen LogP contribution in [0.3, 0.4) is 0 Å². The van der Waals surface area contributed by atoms with Gasteiger partial charge < -0.3 is 23.7 Å². The van der Waals surface area contributed by atoms with Gasteiger partial charge in [0.2, 0.25) is 0 Å². The zero-order valence-electron chi connectivity index (χ0n) is 29.3. The summed E-state index contributed by atoms with van der Waals surface area (Å²) in [5.74, 6) is 0.288. The van der Waals surface area contributed by atoms with Gasteiger partial charge in [0.15, 0.2) is 0 Å². The monoisotopic (exact) mass is 675 g/mol. The molecule has 1 amide bonds. The van der Waals surface area contributed by atoms with Crippen LogP contribution in [-0.4, -0.2) is 43.6 Å². The summed E-state index contributed by atoms with van der Waals surface area (Å²) in [6.07, 6.45) is 4.27. The molecule has 3 aromatic rings. The van der Waals surface area contributed by atoms with Crippen molar-refractivity contribution in [3.63, 3.8) is 0 Å². The van der Waals surface area contributed by atoms with Crippen LogP contribution >= 0.6 is 0 Å². The van der Waals surface area contributed by atoms with Gasteiger partial charge in [-0.3, -0.25) is 5.32 Å². The first-order valence-corrected chi connectivity index (χ1v) is 17.0. The predicted octanol–water partition coefficient (Wildman–Crippen LogP) is 8.33. The molecular formula is C40H50FNO7. The predicted molar refractivity (Wildman–Crippen MR) is 186 cm³/mol. The van der Waals surface area contributed by atoms with E-state index in [9.17, 15) is 14.0 Å². The highest BCUT2D eigenvalue weighted by atomic mass is 19.1. The fraction of sp³-hybridized carbons (Fsp3) is 0.450. The number of amides is 1. The molecule has 3 aromatic carbocycles. The number of esters is 1. The molecule has 0 radical (unpaired) electrons. The van der Waals surface area contributed by atoms with E-state index < -0.39 is 17.7 Å². The Morgan fingerprint density at radius 1 is 0.898 bits per heavy atom. The van der Waals surface area contributed by atoms with Crippen molar-refractivity contribution < 1.29 is 37.7 Å². The number of alkyl carbamates (subject to hydrolysis) is 1. The molecule has 1 fully saturated rings. The maximum atomic E-state index is 13.8. The standard InChI is InChI=1S/C40H50FNO7/c1-28(46-25-32-18-22-35(45-5)23-19-32)37(47-26-31-14-15-31)33(24-29-16-20-34(41)21-17-29)12-9-13-36(42-39(44)49-40(2,3)4)38(43)48-27-30-10-7-6-8-11-30/h6-8,10-11,13,16-23,28,31,33,37H,9,12,14-15,24-27H2,1-5H3,(H,42,44)/b36-13-/t28-,33+,37-/m0/s1. The smallest absolute Gasteiger partial charge is 0.412 e. The summed E-state index contributed by atoms with van der Waals surface area (Å²) in [5, 5.41) is 2.61. The molecule has 0 spiro atoms. The molecule has 264 valence electrons. The average Bonchev–Trinajstić information content (AvgIpc) is 3.91. The number of hydrogen-bond donors (Lipinski definition) is 1. The number of nitrogens with one attached hydrogen (secondary N) is 1. The molecule has 0 aromatic heterocycles. The second-order valence-electron chi connectivity index (χ2n) is 13.6. The number of rotatable bonds is 18. The van der Waals surface area contributed by atoms with E-state index in [2.05, 4.69) is 5.32 Å². The SMILES string of the molecule is COc1ccc(CO[C@@H](C)[C@H](OCC2CC2)[C@H](CC/C=C(\NC(=O)OC(C)(C)C)C(=O)OCc2ccccc2)Cc2ccc(F)cc2)cc1. The summed E-state index contributed by atoms with van der Waals surface area (Å²) in [5.41, 5.74) is 2.05. The molecule has 0 saturated heterocycles. The zero-order valence-corrected chi connectivity index (χ0v) is 29.3. The lowest BCUT2D eigenvalue weighted by atomic mass is 9.87. The molecular weight excluding hydrogens is 625 g/mol. The number of allylic oxidation sites excluding steroid dienone is 1. The lowest BCUT2D eigenvalue weighted by molar-refractivity contribution is -0.140. The summed E-state index contributed by atoms with van der Waals surface area (Å²) >= 11 is 0. The van der Waals surface area contributed by atoms with Crippen molar-refractivity contribution in [3.05, 3.63) is 113 Å². The van der Waals surface area contributed by atoms with Gasteiger partial charge in [0.1, 0.15) is 29.5 Å². The van der Waals surface area contributed by atoms with Crippen LogP contribution in [0.25, 0.3) is 0 Å². The third-order valence-corrected chi connectivity index (χ3v) is 8.19. The van der Waals surface area contributed by atoms with E-state index in [1.807, 2.05) is 61.5 Å². The first-order chi connectivity index (χ1) is 23.5. The summed E-state index contributed by atoms with van der Waals surface area (Å²) in [6, 6.07) is 23.6. The van der Waals surface area contributed by atoms with Crippen molar-refractivity contribution in [2.75, 3.05) is 13.7 Å². The lowest BCUT2D eigenvalue weighted by Gasteiger charge is -2.32. The Labute approximate surface area is 289 Å². The van der Waals surface area contributed by atoms with Gasteiger partial charge in [-0.25, -0.2) is 14.0 Å². The molecule has 4 rings (SSSR count). The molecule has 9 heteroatoms. The minimum atomic E-state index is -0.753. The van der Waals surface area contributed by atoms with E-state index in [0.717, 1.165) is 35.3 Å². The van der Waals surface area contributed by atoms with Gasteiger partial charge in [0.05, 0.1) is 25.9 Å². The average molecular weight is 676 g/mol. The summed E-state index contributed by atoms with van der Waals surface area (Å²) in [7, 11) is 1.63. The Kier molecular flexibility index (Phi) is 14.2. The molecule has 0 unspecified atom stereocenters. The number of ether oxygens (including phenoxy) is 5. The molecule has 0 aliphatic heterocycles. The highest BCUT2D eigenvalue weighted by molar-refractivity contribution is 5.92. The van der Waals surface area contributed by atoms with Crippen LogP contribution in [0.15, 0.2) is 90.6 Å². The molecule has 1 N–H and O–H groups in total. The fourth-order valence-corrected chi connectivity index (χ4v) is 5.38. The van der Waals surface area contributed by atoms with Crippen molar-refractivity contribution in [2.45, 2.75) is 90.8 Å². The first-order valence-electron chi connectivity index (χ1n) is 17.0. The summed E-state index contributed by atoms with van der Waals surface area (Å²) in [6.45, 7) is 8.37. The quantitative estimate of drug-likeness (QED) is 0.107. The van der Waals surface area contributed by atoms with Crippen LogP contribution in [0.1, 0.15) is 70.1 Å². The number of methoxy groups -OCH3 is 1. The van der Waals surface area contributed by atoms with Crippen LogP contribution in [0.4, 0.5) is 9.18 Å². The third kappa shape index (κ3) is 13.7. The number of halogens is 1. The molecule has 49 heavy (non-hydrogen) atoms. The van der Waals surface area contributed by atoms with Gasteiger partial charge >= 0.3 is 12.1 Å². The second-order valence-corrected chi connectivity index (χ2v) is 13.6. The molecule has 0 heterocycles. The Morgan fingerprint density at radius 3 is 2.18 bits per heavy atom. The van der Waals surface area contributed by atoms with Crippen LogP contribution in [0.2, 0.25) is 0 Å². The third-order valence-electron chi connectivity index (χ3n) is 8.19. The topological polar surface area (TPSA) is 92.3 Å². The highest BCUT2D eigenvalue weighted by Gasteiger charge is 2.32. The minimum absolute atomic E-state index is 0.00460. The minimum Gasteiger partial charge on any atom is -0.497 e. The molecule has 1 aliphatic rings. The Morgan fingerprint density at radius 2 is 1.55 bits per heavy atom. The summed E-state index contributed by atoms with van der Waals surface area (Å²) < 4.78 is 43.1. The van der Waals surface area contributed by atoms with Gasteiger partial charge in [-0.1, -0.05) is 60.7 Å². The van der Waals surface area contributed by atoms with Crippen LogP contribution in [-0.2, 0) is 43.4 Å². The molecule has 1 saturated carbocycles. The molecule has 3 atom stereocenters. The van der Waals surface area contributed by atoms with Gasteiger partial charge in [-0.05, 0) is 113 Å². The maximum absolute atomic E-state index is 13.8. The maximum Gasteiger partial charge on any atom is 0.412 e. The molecule has 0 bridgehead atoms. The lowest BCUT2D eigenvalue weighted by Crippen LogP contribution is -2.38. The normalized spacial score (nSPS) is 15.2. The van der Waals surface area contributed by atoms with E-state index >= 15 is 0 Å². The highest BCUT2D eigenvalue weighted by Crippen LogP contribution is 2.32. The van der Waals surface area contributed by atoms with E-state index in [1.165, 1.54) is 12.1 Å².